The largest absolute Gasteiger partial charge is 0.392 e. The van der Waals surface area contributed by atoms with Crippen molar-refractivity contribution in [1.82, 2.24) is 4.72 Å². The lowest BCUT2D eigenvalue weighted by Gasteiger charge is -2.41. The SMILES string of the molecule is CCC1(CNS(=O)(=O)c2cc(CO)c(Cl)cc2Cl)CCC1. The van der Waals surface area contributed by atoms with Crippen molar-refractivity contribution in [3.8, 4) is 0 Å². The average Bonchev–Trinajstić information content (AvgIpc) is 2.37. The summed E-state index contributed by atoms with van der Waals surface area (Å²) in [5, 5.41) is 9.52. The summed E-state index contributed by atoms with van der Waals surface area (Å²) >= 11 is 11.9. The predicted molar refractivity (Wildman–Crippen MR) is 84.1 cm³/mol. The molecule has 0 aromatic heterocycles. The van der Waals surface area contributed by atoms with E-state index in [-0.39, 0.29) is 27.0 Å². The number of hydrogen-bond acceptors (Lipinski definition) is 3. The van der Waals surface area contributed by atoms with Crippen LogP contribution in [0.15, 0.2) is 17.0 Å². The molecule has 2 N–H and O–H groups in total. The van der Waals surface area contributed by atoms with Gasteiger partial charge >= 0.3 is 0 Å². The zero-order chi connectivity index (χ0) is 15.7. The molecule has 0 unspecified atom stereocenters. The van der Waals surface area contributed by atoms with Crippen LogP contribution in [-0.4, -0.2) is 20.1 Å². The number of aliphatic hydroxyl groups excluding tert-OH is 1. The van der Waals surface area contributed by atoms with E-state index in [4.69, 9.17) is 23.2 Å². The lowest BCUT2D eigenvalue weighted by molar-refractivity contribution is 0.133. The Hall–Kier alpha value is -0.330. The van der Waals surface area contributed by atoms with Crippen LogP contribution in [0.1, 0.15) is 38.2 Å². The molecule has 0 bridgehead atoms. The maximum Gasteiger partial charge on any atom is 0.242 e. The molecule has 0 amide bonds. The highest BCUT2D eigenvalue weighted by Gasteiger charge is 2.36. The van der Waals surface area contributed by atoms with E-state index in [9.17, 15) is 13.5 Å². The summed E-state index contributed by atoms with van der Waals surface area (Å²) in [6.45, 7) is 2.16. The molecule has 21 heavy (non-hydrogen) atoms. The summed E-state index contributed by atoms with van der Waals surface area (Å²) in [7, 11) is -3.71. The molecule has 118 valence electrons. The zero-order valence-electron chi connectivity index (χ0n) is 11.8. The third kappa shape index (κ3) is 3.54. The van der Waals surface area contributed by atoms with Gasteiger partial charge in [0.05, 0.1) is 11.6 Å². The molecule has 1 aliphatic carbocycles. The van der Waals surface area contributed by atoms with Crippen molar-refractivity contribution in [2.24, 2.45) is 5.41 Å². The summed E-state index contributed by atoms with van der Waals surface area (Å²) in [6.07, 6.45) is 4.18. The van der Waals surface area contributed by atoms with E-state index in [0.717, 1.165) is 25.7 Å². The molecular formula is C14H19Cl2NO3S. The van der Waals surface area contributed by atoms with Crippen LogP contribution in [0.4, 0.5) is 0 Å². The lowest BCUT2D eigenvalue weighted by Crippen LogP contribution is -2.41. The molecule has 1 aliphatic rings. The van der Waals surface area contributed by atoms with Crippen LogP contribution in [0, 0.1) is 5.41 Å². The third-order valence-electron chi connectivity index (χ3n) is 4.36. The highest BCUT2D eigenvalue weighted by atomic mass is 35.5. The minimum atomic E-state index is -3.71. The summed E-state index contributed by atoms with van der Waals surface area (Å²) in [4.78, 5) is -0.0387. The van der Waals surface area contributed by atoms with Crippen molar-refractivity contribution in [3.63, 3.8) is 0 Å². The van der Waals surface area contributed by atoms with E-state index >= 15 is 0 Å². The molecule has 1 fully saturated rings. The van der Waals surface area contributed by atoms with Gasteiger partial charge in [-0.05, 0) is 42.4 Å². The smallest absolute Gasteiger partial charge is 0.242 e. The van der Waals surface area contributed by atoms with Crippen LogP contribution in [0.25, 0.3) is 0 Å². The minimum Gasteiger partial charge on any atom is -0.392 e. The minimum absolute atomic E-state index is 0.0387. The normalized spacial score (nSPS) is 17.5. The highest BCUT2D eigenvalue weighted by molar-refractivity contribution is 7.89. The fourth-order valence-corrected chi connectivity index (χ4v) is 4.57. The monoisotopic (exact) mass is 351 g/mol. The average molecular weight is 352 g/mol. The van der Waals surface area contributed by atoms with E-state index in [1.165, 1.54) is 12.1 Å². The van der Waals surface area contributed by atoms with Crippen LogP contribution in [-0.2, 0) is 16.6 Å². The van der Waals surface area contributed by atoms with Crippen molar-refractivity contribution in [2.75, 3.05) is 6.54 Å². The van der Waals surface area contributed by atoms with Crippen LogP contribution < -0.4 is 4.72 Å². The second-order valence-electron chi connectivity index (χ2n) is 5.56. The van der Waals surface area contributed by atoms with Gasteiger partial charge in [-0.15, -0.1) is 0 Å². The van der Waals surface area contributed by atoms with Gasteiger partial charge in [0.1, 0.15) is 4.90 Å². The Morgan fingerprint density at radius 1 is 1.29 bits per heavy atom. The zero-order valence-corrected chi connectivity index (χ0v) is 14.2. The summed E-state index contributed by atoms with van der Waals surface area (Å²) in [6, 6.07) is 2.68. The molecule has 0 radical (unpaired) electrons. The third-order valence-corrected chi connectivity index (χ3v) is 6.58. The Kier molecular flexibility index (Phi) is 5.21. The van der Waals surface area contributed by atoms with E-state index in [2.05, 4.69) is 11.6 Å². The Bertz CT molecular complexity index is 622. The number of nitrogens with one attached hydrogen (secondary N) is 1. The Balaban J connectivity index is 2.23. The molecule has 4 nitrogen and oxygen atoms in total. The topological polar surface area (TPSA) is 66.4 Å². The summed E-state index contributed by atoms with van der Waals surface area (Å²) in [5.41, 5.74) is 0.418. The second kappa shape index (κ2) is 6.42. The van der Waals surface area contributed by atoms with Gasteiger partial charge in [0.2, 0.25) is 10.0 Å². The first kappa shape index (κ1) is 17.0. The molecule has 7 heteroatoms. The van der Waals surface area contributed by atoms with Gasteiger partial charge < -0.3 is 5.11 Å². The standard InChI is InChI=1S/C14H19Cl2NO3S/c1-2-14(4-3-5-14)9-17-21(19,20)13-6-10(8-18)11(15)7-12(13)16/h6-7,17-18H,2-5,8-9H2,1H3. The molecular weight excluding hydrogens is 333 g/mol. The van der Waals surface area contributed by atoms with Crippen LogP contribution in [0.5, 0.6) is 0 Å². The lowest BCUT2D eigenvalue weighted by atomic mass is 9.67. The molecule has 1 saturated carbocycles. The fourth-order valence-electron chi connectivity index (χ4n) is 2.56. The van der Waals surface area contributed by atoms with E-state index in [1.807, 2.05) is 0 Å². The second-order valence-corrected chi connectivity index (χ2v) is 8.11. The fraction of sp³-hybridized carbons (Fsp3) is 0.571. The van der Waals surface area contributed by atoms with Gasteiger partial charge in [-0.2, -0.15) is 0 Å². The van der Waals surface area contributed by atoms with Crippen LogP contribution in [0.2, 0.25) is 10.0 Å². The number of aliphatic hydroxyl groups is 1. The molecule has 0 aliphatic heterocycles. The number of halogens is 2. The van der Waals surface area contributed by atoms with Crippen molar-refractivity contribution >= 4 is 33.2 Å². The number of sulfonamides is 1. The predicted octanol–water partition coefficient (Wildman–Crippen LogP) is 3.34. The molecule has 1 aromatic carbocycles. The van der Waals surface area contributed by atoms with Crippen molar-refractivity contribution in [3.05, 3.63) is 27.7 Å². The molecule has 0 saturated heterocycles. The first-order valence-corrected chi connectivity index (χ1v) is 9.16. The van der Waals surface area contributed by atoms with Crippen LogP contribution >= 0.6 is 23.2 Å². The summed E-state index contributed by atoms with van der Waals surface area (Å²) in [5.74, 6) is 0. The van der Waals surface area contributed by atoms with Crippen molar-refractivity contribution in [1.29, 1.82) is 0 Å². The number of benzene rings is 1. The molecule has 0 atom stereocenters. The Morgan fingerprint density at radius 3 is 2.43 bits per heavy atom. The summed E-state index contributed by atoms with van der Waals surface area (Å²) < 4.78 is 27.5. The van der Waals surface area contributed by atoms with Crippen molar-refractivity contribution in [2.45, 2.75) is 44.1 Å². The van der Waals surface area contributed by atoms with Gasteiger partial charge in [-0.25, -0.2) is 13.1 Å². The van der Waals surface area contributed by atoms with Crippen LogP contribution in [0.3, 0.4) is 0 Å². The van der Waals surface area contributed by atoms with E-state index < -0.39 is 10.0 Å². The van der Waals surface area contributed by atoms with Gasteiger partial charge in [0, 0.05) is 11.6 Å². The van der Waals surface area contributed by atoms with E-state index in [1.54, 1.807) is 0 Å². The Morgan fingerprint density at radius 2 is 1.95 bits per heavy atom. The maximum atomic E-state index is 12.4. The Labute approximate surface area is 135 Å². The molecule has 0 spiro atoms. The van der Waals surface area contributed by atoms with E-state index in [0.29, 0.717) is 12.1 Å². The molecule has 1 aromatic rings. The van der Waals surface area contributed by atoms with Gasteiger partial charge in [-0.1, -0.05) is 36.5 Å². The maximum absolute atomic E-state index is 12.4. The first-order chi connectivity index (χ1) is 9.83. The van der Waals surface area contributed by atoms with Gasteiger partial charge in [0.15, 0.2) is 0 Å². The highest BCUT2D eigenvalue weighted by Crippen LogP contribution is 2.43. The first-order valence-electron chi connectivity index (χ1n) is 6.92. The molecule has 2 rings (SSSR count). The number of rotatable bonds is 6. The van der Waals surface area contributed by atoms with Gasteiger partial charge in [0.25, 0.3) is 0 Å². The van der Waals surface area contributed by atoms with Crippen molar-refractivity contribution < 1.29 is 13.5 Å². The number of hydrogen-bond donors (Lipinski definition) is 2. The van der Waals surface area contributed by atoms with Gasteiger partial charge in [-0.3, -0.25) is 0 Å². The molecule has 0 heterocycles. The quantitative estimate of drug-likeness (QED) is 0.825.